The van der Waals surface area contributed by atoms with E-state index in [1.54, 1.807) is 6.08 Å². The average molecular weight is 407 g/mol. The van der Waals surface area contributed by atoms with Crippen LogP contribution >= 0.6 is 24.0 Å². The molecule has 4 N–H and O–H groups in total. The van der Waals surface area contributed by atoms with Crippen LogP contribution in [0.3, 0.4) is 0 Å². The molecule has 0 aromatic carbocycles. The highest BCUT2D eigenvalue weighted by Gasteiger charge is 2.25. The van der Waals surface area contributed by atoms with Gasteiger partial charge in [0.15, 0.2) is 0 Å². The third-order valence-electron chi connectivity index (χ3n) is 4.30. The van der Waals surface area contributed by atoms with Crippen molar-refractivity contribution in [3.05, 3.63) is 45.4 Å². The molecule has 2 amide bonds. The fraction of sp³-hybridized carbons (Fsp3) is 0.421. The van der Waals surface area contributed by atoms with Crippen molar-refractivity contribution in [1.82, 2.24) is 21.3 Å². The van der Waals surface area contributed by atoms with Gasteiger partial charge in [-0.3, -0.25) is 14.9 Å². The first-order chi connectivity index (χ1) is 12.9. The fourth-order valence-corrected chi connectivity index (χ4v) is 3.29. The number of thiocarbonyl (C=S) groups is 1. The van der Waals surface area contributed by atoms with Crippen molar-refractivity contribution in [3.63, 3.8) is 0 Å². The van der Waals surface area contributed by atoms with Crippen LogP contribution in [0.2, 0.25) is 0 Å². The van der Waals surface area contributed by atoms with Gasteiger partial charge in [-0.15, -0.1) is 0 Å². The first kappa shape index (κ1) is 21.2. The molecule has 8 heteroatoms. The fourth-order valence-electron chi connectivity index (χ4n) is 2.37. The molecule has 0 aromatic rings. The van der Waals surface area contributed by atoms with E-state index in [1.807, 2.05) is 14.0 Å². The molecule has 6 nitrogen and oxygen atoms in total. The van der Waals surface area contributed by atoms with Crippen molar-refractivity contribution in [2.45, 2.75) is 46.1 Å². The van der Waals surface area contributed by atoms with Crippen molar-refractivity contribution < 1.29 is 9.59 Å². The largest absolute Gasteiger partial charge is 0.388 e. The second kappa shape index (κ2) is 9.75. The summed E-state index contributed by atoms with van der Waals surface area (Å²) >= 11 is 6.00. The van der Waals surface area contributed by atoms with Crippen molar-refractivity contribution in [3.8, 4) is 0 Å². The van der Waals surface area contributed by atoms with Gasteiger partial charge in [-0.25, -0.2) is 0 Å². The topological polar surface area (TPSA) is 82.3 Å². The Morgan fingerprint density at radius 2 is 2.04 bits per heavy atom. The molecule has 27 heavy (non-hydrogen) atoms. The minimum absolute atomic E-state index is 0.343. The second-order valence-electron chi connectivity index (χ2n) is 6.45. The lowest BCUT2D eigenvalue weighted by Gasteiger charge is -2.17. The van der Waals surface area contributed by atoms with Crippen molar-refractivity contribution in [2.75, 3.05) is 7.05 Å². The van der Waals surface area contributed by atoms with Crippen LogP contribution in [-0.2, 0) is 4.79 Å². The zero-order valence-corrected chi connectivity index (χ0v) is 17.7. The average Bonchev–Trinajstić information content (AvgIpc) is 3.39. The Kier molecular flexibility index (Phi) is 7.67. The summed E-state index contributed by atoms with van der Waals surface area (Å²) in [5.74, 6) is 0.484. The zero-order valence-electron chi connectivity index (χ0n) is 16.1. The number of hydrogen-bond donors (Lipinski definition) is 4. The number of carbonyl (C=O) groups is 2. The van der Waals surface area contributed by atoms with E-state index in [9.17, 15) is 9.59 Å². The van der Waals surface area contributed by atoms with Crippen LogP contribution in [0.1, 0.15) is 40.0 Å². The molecule has 2 rings (SSSR count). The van der Waals surface area contributed by atoms with Crippen molar-refractivity contribution in [2.24, 2.45) is 0 Å². The number of imide groups is 1. The van der Waals surface area contributed by atoms with E-state index in [0.29, 0.717) is 16.5 Å². The number of rotatable bonds is 9. The second-order valence-corrected chi connectivity index (χ2v) is 7.70. The number of hydrogen-bond acceptors (Lipinski definition) is 7. The molecule has 146 valence electrons. The van der Waals surface area contributed by atoms with Crippen LogP contribution in [0, 0.1) is 0 Å². The molecule has 2 fully saturated rings. The third-order valence-corrected chi connectivity index (χ3v) is 5.36. The molecular weight excluding hydrogens is 380 g/mol. The maximum Gasteiger partial charge on any atom is 0.290 e. The zero-order chi connectivity index (χ0) is 20.0. The molecule has 2 aliphatic rings. The summed E-state index contributed by atoms with van der Waals surface area (Å²) in [7, 11) is 1.91. The van der Waals surface area contributed by atoms with Crippen molar-refractivity contribution in [1.29, 1.82) is 0 Å². The minimum atomic E-state index is -0.391. The van der Waals surface area contributed by atoms with Gasteiger partial charge in [0.2, 0.25) is 0 Å². The normalized spacial score (nSPS) is 20.7. The van der Waals surface area contributed by atoms with Gasteiger partial charge in [-0.05, 0) is 50.9 Å². The van der Waals surface area contributed by atoms with Gasteiger partial charge in [-0.1, -0.05) is 24.7 Å². The quantitative estimate of drug-likeness (QED) is 0.266. The summed E-state index contributed by atoms with van der Waals surface area (Å²) in [5.41, 5.74) is 3.79. The maximum absolute atomic E-state index is 11.8. The van der Waals surface area contributed by atoms with E-state index in [-0.39, 0.29) is 5.24 Å². The molecule has 1 saturated heterocycles. The minimum Gasteiger partial charge on any atom is -0.388 e. The lowest BCUT2D eigenvalue weighted by molar-refractivity contribution is -0.115. The SMILES string of the molecule is CC/C(C)=C(\C=C(/N/C(C)=C(C=S)/C=C1\SC(=O)NC1=O)NC1CC1)NC. The van der Waals surface area contributed by atoms with Crippen LogP contribution < -0.4 is 21.3 Å². The molecule has 0 radical (unpaired) electrons. The number of thioether (sulfide) groups is 1. The van der Waals surface area contributed by atoms with Crippen LogP contribution in [0.25, 0.3) is 0 Å². The Hall–Kier alpha value is -2.06. The molecule has 1 heterocycles. The van der Waals surface area contributed by atoms with Crippen molar-refractivity contribution >= 4 is 40.5 Å². The standard InChI is InChI=1S/C19H26N4O2S2/c1-5-11(2)15(20-4)9-17(22-14-6-7-14)21-12(3)13(10-26)8-16-18(24)23-19(25)27-16/h8-10,14,20-22H,5-7H2,1-4H3,(H,23,24,25)/b13-12-,15-11+,16-8-,17-9+. The van der Waals surface area contributed by atoms with Gasteiger partial charge in [0, 0.05) is 41.5 Å². The first-order valence-corrected chi connectivity index (χ1v) is 10.2. The highest BCUT2D eigenvalue weighted by atomic mass is 32.2. The first-order valence-electron chi connectivity index (χ1n) is 8.91. The summed E-state index contributed by atoms with van der Waals surface area (Å²) in [4.78, 5) is 23.5. The molecular formula is C19H26N4O2S2. The Balaban J connectivity index is 2.29. The van der Waals surface area contributed by atoms with Gasteiger partial charge in [-0.2, -0.15) is 0 Å². The molecule has 1 aliphatic carbocycles. The van der Waals surface area contributed by atoms with Gasteiger partial charge in [0.25, 0.3) is 11.1 Å². The number of carbonyl (C=O) groups excluding carboxylic acids is 2. The van der Waals surface area contributed by atoms with E-state index < -0.39 is 5.91 Å². The predicted octanol–water partition coefficient (Wildman–Crippen LogP) is 3.21. The predicted molar refractivity (Wildman–Crippen MR) is 115 cm³/mol. The summed E-state index contributed by atoms with van der Waals surface area (Å²) in [5, 5.41) is 13.5. The highest BCUT2D eigenvalue weighted by Crippen LogP contribution is 2.25. The Labute approximate surface area is 170 Å². The van der Waals surface area contributed by atoms with Gasteiger partial charge < -0.3 is 16.0 Å². The summed E-state index contributed by atoms with van der Waals surface area (Å²) in [6, 6.07) is 0.472. The van der Waals surface area contributed by atoms with Crippen LogP contribution in [-0.4, -0.2) is 29.6 Å². The maximum atomic E-state index is 11.8. The molecule has 0 bridgehead atoms. The van der Waals surface area contributed by atoms with E-state index in [4.69, 9.17) is 12.2 Å². The smallest absolute Gasteiger partial charge is 0.290 e. The van der Waals surface area contributed by atoms with E-state index in [1.165, 1.54) is 10.9 Å². The summed E-state index contributed by atoms with van der Waals surface area (Å²) in [6.45, 7) is 6.11. The van der Waals surface area contributed by atoms with Crippen LogP contribution in [0.4, 0.5) is 4.79 Å². The Morgan fingerprint density at radius 1 is 1.33 bits per heavy atom. The Bertz CT molecular complexity index is 762. The summed E-state index contributed by atoms with van der Waals surface area (Å²) in [6.07, 6.45) is 6.94. The molecule has 1 saturated carbocycles. The van der Waals surface area contributed by atoms with Gasteiger partial charge in [0.05, 0.1) is 4.91 Å². The third kappa shape index (κ3) is 6.25. The molecule has 0 atom stereocenters. The number of allylic oxidation sites excluding steroid dienone is 5. The Morgan fingerprint density at radius 3 is 2.52 bits per heavy atom. The monoisotopic (exact) mass is 406 g/mol. The van der Waals surface area contributed by atoms with Crippen LogP contribution in [0.15, 0.2) is 45.4 Å². The number of likely N-dealkylation sites (N-methyl/N-ethyl adjacent to an activating group) is 1. The summed E-state index contributed by atoms with van der Waals surface area (Å²) < 4.78 is 0. The van der Waals surface area contributed by atoms with E-state index >= 15 is 0 Å². The van der Waals surface area contributed by atoms with E-state index in [0.717, 1.165) is 48.2 Å². The molecule has 1 aliphatic heterocycles. The van der Waals surface area contributed by atoms with E-state index in [2.05, 4.69) is 41.2 Å². The lowest BCUT2D eigenvalue weighted by atomic mass is 10.1. The highest BCUT2D eigenvalue weighted by molar-refractivity contribution is 8.18. The number of amides is 2. The van der Waals surface area contributed by atoms with Gasteiger partial charge >= 0.3 is 0 Å². The molecule has 0 spiro atoms. The lowest BCUT2D eigenvalue weighted by Crippen LogP contribution is -2.28. The molecule has 0 aromatic heterocycles. The molecule has 0 unspecified atom stereocenters. The van der Waals surface area contributed by atoms with Crippen LogP contribution in [0.5, 0.6) is 0 Å². The van der Waals surface area contributed by atoms with Gasteiger partial charge in [0.1, 0.15) is 5.82 Å². The number of nitrogens with one attached hydrogen (secondary N) is 4.